The first-order valence-electron chi connectivity index (χ1n) is 4.88. The first-order valence-corrected chi connectivity index (χ1v) is 5.68. The molecular formula is C11H16BrNO2. The Kier molecular flexibility index (Phi) is 5.68. The van der Waals surface area contributed by atoms with Gasteiger partial charge in [0.1, 0.15) is 5.75 Å². The normalized spacial score (nSPS) is 10.3. The number of ether oxygens (including phenoxy) is 2. The molecule has 3 nitrogen and oxygen atoms in total. The average Bonchev–Trinajstić information content (AvgIpc) is 2.25. The summed E-state index contributed by atoms with van der Waals surface area (Å²) in [5, 5.41) is 3.27. The lowest BCUT2D eigenvalue weighted by Crippen LogP contribution is -2.13. The summed E-state index contributed by atoms with van der Waals surface area (Å²) in [7, 11) is 1.61. The smallest absolute Gasteiger partial charge is 0.188 e. The first kappa shape index (κ1) is 12.5. The Morgan fingerprint density at radius 3 is 2.87 bits per heavy atom. The van der Waals surface area contributed by atoms with E-state index in [1.165, 1.54) is 0 Å². The van der Waals surface area contributed by atoms with Crippen LogP contribution < -0.4 is 10.1 Å². The lowest BCUT2D eigenvalue weighted by Gasteiger charge is -2.11. The number of benzene rings is 1. The second kappa shape index (κ2) is 6.82. The van der Waals surface area contributed by atoms with E-state index in [-0.39, 0.29) is 6.79 Å². The SMILES string of the molecule is CCNCc1cc(Br)ccc1OCOC. The minimum Gasteiger partial charge on any atom is -0.467 e. The molecule has 0 saturated heterocycles. The van der Waals surface area contributed by atoms with Gasteiger partial charge in [0.2, 0.25) is 0 Å². The highest BCUT2D eigenvalue weighted by Crippen LogP contribution is 2.23. The molecule has 1 aromatic rings. The Bertz CT molecular complexity index is 305. The van der Waals surface area contributed by atoms with Crippen LogP contribution in [-0.4, -0.2) is 20.4 Å². The fourth-order valence-corrected chi connectivity index (χ4v) is 1.62. The summed E-state index contributed by atoms with van der Waals surface area (Å²) in [5.41, 5.74) is 1.13. The van der Waals surface area contributed by atoms with Crippen LogP contribution in [0, 0.1) is 0 Å². The molecule has 0 amide bonds. The Balaban J connectivity index is 2.73. The van der Waals surface area contributed by atoms with Gasteiger partial charge >= 0.3 is 0 Å². The molecule has 1 N–H and O–H groups in total. The summed E-state index contributed by atoms with van der Waals surface area (Å²) in [5.74, 6) is 0.862. The van der Waals surface area contributed by atoms with Crippen LogP contribution in [0.2, 0.25) is 0 Å². The van der Waals surface area contributed by atoms with E-state index in [4.69, 9.17) is 9.47 Å². The summed E-state index contributed by atoms with van der Waals surface area (Å²) in [4.78, 5) is 0. The topological polar surface area (TPSA) is 30.5 Å². The van der Waals surface area contributed by atoms with E-state index in [9.17, 15) is 0 Å². The third-order valence-electron chi connectivity index (χ3n) is 1.92. The number of methoxy groups -OCH3 is 1. The number of hydrogen-bond acceptors (Lipinski definition) is 3. The fourth-order valence-electron chi connectivity index (χ4n) is 1.21. The quantitative estimate of drug-likeness (QED) is 0.809. The molecule has 0 fully saturated rings. The van der Waals surface area contributed by atoms with Crippen molar-refractivity contribution in [2.75, 3.05) is 20.4 Å². The molecule has 0 bridgehead atoms. The van der Waals surface area contributed by atoms with E-state index in [0.29, 0.717) is 0 Å². The monoisotopic (exact) mass is 273 g/mol. The Morgan fingerprint density at radius 1 is 1.40 bits per heavy atom. The van der Waals surface area contributed by atoms with Crippen molar-refractivity contribution in [3.05, 3.63) is 28.2 Å². The summed E-state index contributed by atoms with van der Waals surface area (Å²) in [6.45, 7) is 4.10. The van der Waals surface area contributed by atoms with Gasteiger partial charge in [-0.05, 0) is 24.7 Å². The van der Waals surface area contributed by atoms with E-state index >= 15 is 0 Å². The Hall–Kier alpha value is -0.580. The van der Waals surface area contributed by atoms with E-state index in [2.05, 4.69) is 28.2 Å². The zero-order valence-electron chi connectivity index (χ0n) is 9.05. The van der Waals surface area contributed by atoms with Gasteiger partial charge in [-0.3, -0.25) is 0 Å². The molecule has 84 valence electrons. The van der Waals surface area contributed by atoms with Crippen molar-refractivity contribution in [1.29, 1.82) is 0 Å². The molecule has 0 radical (unpaired) electrons. The molecule has 0 spiro atoms. The van der Waals surface area contributed by atoms with Gasteiger partial charge in [-0.25, -0.2) is 0 Å². The molecule has 0 unspecified atom stereocenters. The highest BCUT2D eigenvalue weighted by Gasteiger charge is 2.03. The van der Waals surface area contributed by atoms with Crippen LogP contribution in [-0.2, 0) is 11.3 Å². The third-order valence-corrected chi connectivity index (χ3v) is 2.41. The van der Waals surface area contributed by atoms with Crippen molar-refractivity contribution in [3.63, 3.8) is 0 Å². The molecule has 0 aliphatic heterocycles. The van der Waals surface area contributed by atoms with Crippen molar-refractivity contribution in [3.8, 4) is 5.75 Å². The summed E-state index contributed by atoms with van der Waals surface area (Å²) in [6.07, 6.45) is 0. The minimum atomic E-state index is 0.279. The van der Waals surface area contributed by atoms with Crippen molar-refractivity contribution < 1.29 is 9.47 Å². The second-order valence-corrected chi connectivity index (χ2v) is 4.00. The Labute approximate surface area is 98.9 Å². The van der Waals surface area contributed by atoms with Crippen molar-refractivity contribution in [2.24, 2.45) is 0 Å². The number of hydrogen-bond donors (Lipinski definition) is 1. The van der Waals surface area contributed by atoms with Crippen LogP contribution in [0.4, 0.5) is 0 Å². The highest BCUT2D eigenvalue weighted by molar-refractivity contribution is 9.10. The molecule has 0 aliphatic rings. The van der Waals surface area contributed by atoms with Crippen LogP contribution in [0.5, 0.6) is 5.75 Å². The summed E-state index contributed by atoms with van der Waals surface area (Å²) < 4.78 is 11.4. The molecule has 0 atom stereocenters. The van der Waals surface area contributed by atoms with Gasteiger partial charge in [0.15, 0.2) is 6.79 Å². The zero-order chi connectivity index (χ0) is 11.1. The van der Waals surface area contributed by atoms with Crippen molar-refractivity contribution >= 4 is 15.9 Å². The molecule has 15 heavy (non-hydrogen) atoms. The largest absolute Gasteiger partial charge is 0.467 e. The zero-order valence-corrected chi connectivity index (χ0v) is 10.6. The third kappa shape index (κ3) is 4.20. The van der Waals surface area contributed by atoms with E-state index in [1.807, 2.05) is 18.2 Å². The van der Waals surface area contributed by atoms with Gasteiger partial charge < -0.3 is 14.8 Å². The lowest BCUT2D eigenvalue weighted by molar-refractivity contribution is 0.0503. The van der Waals surface area contributed by atoms with Gasteiger partial charge in [0.25, 0.3) is 0 Å². The minimum absolute atomic E-state index is 0.279. The van der Waals surface area contributed by atoms with E-state index in [0.717, 1.165) is 28.9 Å². The van der Waals surface area contributed by atoms with Crippen molar-refractivity contribution in [1.82, 2.24) is 5.32 Å². The summed E-state index contributed by atoms with van der Waals surface area (Å²) >= 11 is 3.44. The van der Waals surface area contributed by atoms with Gasteiger partial charge in [0, 0.05) is 23.7 Å². The molecule has 0 aliphatic carbocycles. The lowest BCUT2D eigenvalue weighted by atomic mass is 10.2. The molecule has 0 saturated carbocycles. The van der Waals surface area contributed by atoms with Crippen LogP contribution >= 0.6 is 15.9 Å². The highest BCUT2D eigenvalue weighted by atomic mass is 79.9. The van der Waals surface area contributed by atoms with Crippen LogP contribution in [0.1, 0.15) is 12.5 Å². The van der Waals surface area contributed by atoms with E-state index < -0.39 is 0 Å². The molecule has 0 heterocycles. The molecule has 1 rings (SSSR count). The molecule has 4 heteroatoms. The first-order chi connectivity index (χ1) is 7.27. The van der Waals surface area contributed by atoms with Gasteiger partial charge in [-0.1, -0.05) is 22.9 Å². The summed E-state index contributed by atoms with van der Waals surface area (Å²) in [6, 6.07) is 5.95. The molecule has 1 aromatic carbocycles. The van der Waals surface area contributed by atoms with Crippen LogP contribution in [0.25, 0.3) is 0 Å². The number of nitrogens with one attached hydrogen (secondary N) is 1. The number of halogens is 1. The standard InChI is InChI=1S/C11H16BrNO2/c1-3-13-7-9-6-10(12)4-5-11(9)15-8-14-2/h4-6,13H,3,7-8H2,1-2H3. The van der Waals surface area contributed by atoms with Crippen LogP contribution in [0.15, 0.2) is 22.7 Å². The second-order valence-electron chi connectivity index (χ2n) is 3.08. The van der Waals surface area contributed by atoms with Gasteiger partial charge in [-0.15, -0.1) is 0 Å². The predicted octanol–water partition coefficient (Wildman–Crippen LogP) is 2.54. The van der Waals surface area contributed by atoms with Crippen molar-refractivity contribution in [2.45, 2.75) is 13.5 Å². The predicted molar refractivity (Wildman–Crippen MR) is 64.0 cm³/mol. The maximum Gasteiger partial charge on any atom is 0.188 e. The molecular weight excluding hydrogens is 258 g/mol. The van der Waals surface area contributed by atoms with Crippen LogP contribution in [0.3, 0.4) is 0 Å². The maximum atomic E-state index is 5.46. The number of rotatable bonds is 6. The molecule has 0 aromatic heterocycles. The Morgan fingerprint density at radius 2 is 2.20 bits per heavy atom. The van der Waals surface area contributed by atoms with E-state index in [1.54, 1.807) is 7.11 Å². The maximum absolute atomic E-state index is 5.46. The fraction of sp³-hybridized carbons (Fsp3) is 0.455. The van der Waals surface area contributed by atoms with Gasteiger partial charge in [-0.2, -0.15) is 0 Å². The average molecular weight is 274 g/mol. The van der Waals surface area contributed by atoms with Gasteiger partial charge in [0.05, 0.1) is 0 Å².